The van der Waals surface area contributed by atoms with Gasteiger partial charge in [-0.1, -0.05) is 12.1 Å². The number of benzene rings is 2. The van der Waals surface area contributed by atoms with Gasteiger partial charge in [0.2, 0.25) is 11.8 Å². The molecule has 6 N–H and O–H groups in total. The lowest BCUT2D eigenvalue weighted by Gasteiger charge is -2.29. The summed E-state index contributed by atoms with van der Waals surface area (Å²) in [6.07, 6.45) is 0.473. The first kappa shape index (κ1) is 37.5. The van der Waals surface area contributed by atoms with Crippen molar-refractivity contribution in [3.05, 3.63) is 48.0 Å². The molecular formula is C27H41B2F2N3O9Si. The Bertz CT molecular complexity index is 1120. The van der Waals surface area contributed by atoms with Gasteiger partial charge in [0.05, 0.1) is 11.4 Å². The van der Waals surface area contributed by atoms with E-state index in [0.717, 1.165) is 12.1 Å². The fourth-order valence-corrected chi connectivity index (χ4v) is 6.98. The number of halogens is 2. The summed E-state index contributed by atoms with van der Waals surface area (Å²) in [6, 6.07) is 7.36. The van der Waals surface area contributed by atoms with Crippen LogP contribution in [-0.4, -0.2) is 99.3 Å². The molecule has 0 bridgehead atoms. The van der Waals surface area contributed by atoms with E-state index in [1.54, 1.807) is 0 Å². The zero-order valence-electron chi connectivity index (χ0n) is 25.2. The monoisotopic (exact) mass is 639 g/mol. The van der Waals surface area contributed by atoms with Crippen LogP contribution < -0.4 is 21.6 Å². The molecule has 0 aromatic heterocycles. The van der Waals surface area contributed by atoms with Crippen LogP contribution >= 0.6 is 0 Å². The Labute approximate surface area is 258 Å². The summed E-state index contributed by atoms with van der Waals surface area (Å²) >= 11 is 0. The highest BCUT2D eigenvalue weighted by Gasteiger charge is 2.39. The molecule has 0 unspecified atom stereocenters. The summed E-state index contributed by atoms with van der Waals surface area (Å²) in [5.74, 6) is -2.64. The van der Waals surface area contributed by atoms with Crippen LogP contribution in [0.15, 0.2) is 36.4 Å². The Kier molecular flexibility index (Phi) is 16.1. The highest BCUT2D eigenvalue weighted by molar-refractivity contribution is 6.60. The van der Waals surface area contributed by atoms with Crippen molar-refractivity contribution in [3.8, 4) is 0 Å². The third kappa shape index (κ3) is 12.3. The molecule has 0 aliphatic heterocycles. The van der Waals surface area contributed by atoms with Gasteiger partial charge in [-0.3, -0.25) is 9.59 Å². The highest BCUT2D eigenvalue weighted by atomic mass is 28.4. The first-order chi connectivity index (χ1) is 20.9. The van der Waals surface area contributed by atoms with Crippen LogP contribution in [0.2, 0.25) is 6.04 Å². The van der Waals surface area contributed by atoms with E-state index in [-0.39, 0.29) is 48.2 Å². The normalized spacial score (nSPS) is 11.5. The van der Waals surface area contributed by atoms with Crippen molar-refractivity contribution in [2.75, 3.05) is 50.1 Å². The molecule has 0 aliphatic rings. The summed E-state index contributed by atoms with van der Waals surface area (Å²) in [5, 5.41) is 41.7. The fourth-order valence-electron chi connectivity index (χ4n) is 4.39. The minimum absolute atomic E-state index is 0.0457. The number of carbonyl (C=O) groups is 2. The second-order valence-corrected chi connectivity index (χ2v) is 12.5. The van der Waals surface area contributed by atoms with Gasteiger partial charge in [0.1, 0.15) is 11.6 Å². The van der Waals surface area contributed by atoms with Gasteiger partial charge in [0, 0.05) is 51.8 Å². The van der Waals surface area contributed by atoms with E-state index in [0.29, 0.717) is 38.8 Å². The van der Waals surface area contributed by atoms with Gasteiger partial charge in [0.25, 0.3) is 0 Å². The average Bonchev–Trinajstić information content (AvgIpc) is 2.96. The number of hydrogen-bond donors (Lipinski definition) is 6. The van der Waals surface area contributed by atoms with Crippen LogP contribution in [-0.2, 0) is 22.9 Å². The number of nitrogens with one attached hydrogen (secondary N) is 2. The largest absolute Gasteiger partial charge is 0.500 e. The van der Waals surface area contributed by atoms with Gasteiger partial charge in [-0.2, -0.15) is 0 Å². The van der Waals surface area contributed by atoms with E-state index in [2.05, 4.69) is 10.6 Å². The van der Waals surface area contributed by atoms with Gasteiger partial charge in [-0.05, 0) is 68.9 Å². The van der Waals surface area contributed by atoms with Gasteiger partial charge >= 0.3 is 23.0 Å². The zero-order chi connectivity index (χ0) is 32.7. The molecule has 17 heteroatoms. The molecule has 2 amide bonds. The lowest BCUT2D eigenvalue weighted by atomic mass is 9.80. The number of hydrogen-bond acceptors (Lipinski definition) is 10. The SMILES string of the molecule is CCO[Si](CCCN(CCC(=O)Nc1ccc(B(O)O)cc1F)CCC(=O)Nc1ccc(B(O)O)cc1F)(OCC)OCC. The smallest absolute Gasteiger partial charge is 0.423 e. The van der Waals surface area contributed by atoms with Crippen LogP contribution in [0.5, 0.6) is 0 Å². The number of anilines is 2. The van der Waals surface area contributed by atoms with Crippen LogP contribution in [0.1, 0.15) is 40.0 Å². The lowest BCUT2D eigenvalue weighted by Crippen LogP contribution is -2.46. The molecule has 2 rings (SSSR count). The predicted octanol–water partition coefficient (Wildman–Crippen LogP) is 0.422. The molecule has 2 aromatic rings. The molecule has 12 nitrogen and oxygen atoms in total. The van der Waals surface area contributed by atoms with Crippen molar-refractivity contribution < 1.29 is 51.7 Å². The molecule has 0 atom stereocenters. The summed E-state index contributed by atoms with van der Waals surface area (Å²) in [7, 11) is -6.63. The van der Waals surface area contributed by atoms with Crippen molar-refractivity contribution in [3.63, 3.8) is 0 Å². The van der Waals surface area contributed by atoms with Crippen LogP contribution in [0.4, 0.5) is 20.2 Å². The van der Waals surface area contributed by atoms with Crippen molar-refractivity contribution in [1.29, 1.82) is 0 Å². The molecule has 44 heavy (non-hydrogen) atoms. The van der Waals surface area contributed by atoms with Crippen LogP contribution in [0, 0.1) is 11.6 Å². The summed E-state index contributed by atoms with van der Waals surface area (Å²) in [4.78, 5) is 27.2. The Morgan fingerprint density at radius 3 is 1.50 bits per heavy atom. The lowest BCUT2D eigenvalue weighted by molar-refractivity contribution is -0.116. The first-order valence-electron chi connectivity index (χ1n) is 14.5. The maximum Gasteiger partial charge on any atom is 0.500 e. The van der Waals surface area contributed by atoms with Gasteiger partial charge in [0.15, 0.2) is 0 Å². The predicted molar refractivity (Wildman–Crippen MR) is 165 cm³/mol. The molecule has 242 valence electrons. The summed E-state index contributed by atoms with van der Waals surface area (Å²) in [5.41, 5.74) is -0.351. The third-order valence-electron chi connectivity index (χ3n) is 6.49. The van der Waals surface area contributed by atoms with Crippen molar-refractivity contribution in [1.82, 2.24) is 4.90 Å². The molecule has 0 aliphatic carbocycles. The molecule has 0 heterocycles. The van der Waals surface area contributed by atoms with E-state index in [4.69, 9.17) is 13.3 Å². The molecule has 0 fully saturated rings. The zero-order valence-corrected chi connectivity index (χ0v) is 26.2. The molecule has 0 radical (unpaired) electrons. The van der Waals surface area contributed by atoms with Crippen molar-refractivity contribution in [2.45, 2.75) is 46.1 Å². The Balaban J connectivity index is 2.06. The quantitative estimate of drug-likeness (QED) is 0.112. The highest BCUT2D eigenvalue weighted by Crippen LogP contribution is 2.19. The average molecular weight is 639 g/mol. The maximum atomic E-state index is 14.3. The minimum atomic E-state index is -2.93. The van der Waals surface area contributed by atoms with Crippen molar-refractivity contribution in [2.24, 2.45) is 0 Å². The van der Waals surface area contributed by atoms with E-state index in [1.807, 2.05) is 25.7 Å². The molecule has 0 saturated carbocycles. The molecule has 2 aromatic carbocycles. The Morgan fingerprint density at radius 2 is 1.16 bits per heavy atom. The van der Waals surface area contributed by atoms with E-state index < -0.39 is 46.5 Å². The second-order valence-electron chi connectivity index (χ2n) is 9.75. The molecule has 0 spiro atoms. The first-order valence-corrected chi connectivity index (χ1v) is 16.4. The van der Waals surface area contributed by atoms with E-state index >= 15 is 0 Å². The van der Waals surface area contributed by atoms with Gasteiger partial charge < -0.3 is 48.9 Å². The number of carbonyl (C=O) groups excluding carboxylic acids is 2. The third-order valence-corrected chi connectivity index (χ3v) is 9.64. The van der Waals surface area contributed by atoms with Crippen LogP contribution in [0.3, 0.4) is 0 Å². The Hall–Kier alpha value is -2.73. The number of amides is 2. The Morgan fingerprint density at radius 1 is 0.750 bits per heavy atom. The number of nitrogens with zero attached hydrogens (tertiary/aromatic N) is 1. The number of rotatable bonds is 20. The van der Waals surface area contributed by atoms with Crippen LogP contribution in [0.25, 0.3) is 0 Å². The standard InChI is InChI=1S/C27H41B2F2N3O9Si/c1-4-41-44(42-5-2,43-6-3)17-7-14-34(15-12-26(35)32-24-10-8-20(28(37)38)18-22(24)30)16-13-27(36)33-25-11-9-21(29(39)40)19-23(25)31/h8-11,18-19,37-40H,4-7,12-17H2,1-3H3,(H,32,35)(H,33,36). The summed E-state index contributed by atoms with van der Waals surface area (Å²) < 4.78 is 46.4. The fraction of sp³-hybridized carbons (Fsp3) is 0.481. The summed E-state index contributed by atoms with van der Waals surface area (Å²) in [6.45, 7) is 7.67. The second kappa shape index (κ2) is 18.9. The molecule has 0 saturated heterocycles. The van der Waals surface area contributed by atoms with Gasteiger partial charge in [-0.15, -0.1) is 0 Å². The van der Waals surface area contributed by atoms with Crippen molar-refractivity contribution >= 4 is 57.2 Å². The molecular weight excluding hydrogens is 598 g/mol. The van der Waals surface area contributed by atoms with E-state index in [1.165, 1.54) is 24.3 Å². The van der Waals surface area contributed by atoms with Gasteiger partial charge in [-0.25, -0.2) is 8.78 Å². The topological polar surface area (TPSA) is 170 Å². The minimum Gasteiger partial charge on any atom is -0.423 e. The maximum absolute atomic E-state index is 14.3. The van der Waals surface area contributed by atoms with E-state index in [9.17, 15) is 38.5 Å².